The highest BCUT2D eigenvalue weighted by atomic mass is 35.5. The molecule has 2 N–H and O–H groups in total. The van der Waals surface area contributed by atoms with Crippen molar-refractivity contribution in [2.45, 2.75) is 109 Å². The number of rotatable bonds is 5. The molecule has 0 aromatic heterocycles. The molecule has 224 valence electrons. The van der Waals surface area contributed by atoms with Crippen molar-refractivity contribution in [3.8, 4) is 0 Å². The smallest absolute Gasteiger partial charge is 0.312 e. The lowest BCUT2D eigenvalue weighted by molar-refractivity contribution is -0.266. The van der Waals surface area contributed by atoms with Crippen LogP contribution in [0.5, 0.6) is 0 Å². The number of fused-ring (bicyclic) bond motifs is 2. The quantitative estimate of drug-likeness (QED) is 0.281. The van der Waals surface area contributed by atoms with Crippen LogP contribution >= 0.6 is 11.6 Å². The Morgan fingerprint density at radius 2 is 1.82 bits per heavy atom. The molecule has 0 unspecified atom stereocenters. The molecule has 0 aromatic rings. The first-order chi connectivity index (χ1) is 18.4. The number of halogens is 1. The molecule has 0 aromatic carbocycles. The number of hydrogen-bond donors (Lipinski definition) is 2. The van der Waals surface area contributed by atoms with Crippen LogP contribution in [-0.2, 0) is 38.1 Å². The van der Waals surface area contributed by atoms with Gasteiger partial charge in [0.25, 0.3) is 0 Å². The van der Waals surface area contributed by atoms with E-state index in [1.54, 1.807) is 33.8 Å². The van der Waals surface area contributed by atoms with Crippen LogP contribution in [0.2, 0.25) is 0 Å². The number of carbonyl (C=O) groups excluding carboxylic acids is 4. The minimum Gasteiger partial charge on any atom is -0.459 e. The Balaban J connectivity index is 2.36. The molecule has 40 heavy (non-hydrogen) atoms. The van der Waals surface area contributed by atoms with E-state index in [1.807, 2.05) is 0 Å². The molecule has 0 radical (unpaired) electrons. The monoisotopic (exact) mass is 584 g/mol. The first-order valence-electron chi connectivity index (χ1n) is 13.7. The summed E-state index contributed by atoms with van der Waals surface area (Å²) < 4.78 is 23.0. The van der Waals surface area contributed by atoms with Gasteiger partial charge < -0.3 is 29.2 Å². The third kappa shape index (κ3) is 5.42. The van der Waals surface area contributed by atoms with Crippen molar-refractivity contribution in [3.05, 3.63) is 24.3 Å². The molecular weight excluding hydrogens is 544 g/mol. The third-order valence-corrected chi connectivity index (χ3v) is 9.28. The van der Waals surface area contributed by atoms with Crippen molar-refractivity contribution in [3.63, 3.8) is 0 Å². The summed E-state index contributed by atoms with van der Waals surface area (Å²) in [5.74, 6) is -5.63. The first-order valence-corrected chi connectivity index (χ1v) is 14.1. The molecule has 2 fully saturated rings. The second kappa shape index (κ2) is 11.4. The van der Waals surface area contributed by atoms with Gasteiger partial charge in [0.15, 0.2) is 11.7 Å². The maximum absolute atomic E-state index is 12.9. The Hall–Kier alpha value is -2.43. The molecule has 3 aliphatic rings. The fourth-order valence-electron chi connectivity index (χ4n) is 6.37. The van der Waals surface area contributed by atoms with Gasteiger partial charge in [0.1, 0.15) is 23.9 Å². The molecular formula is C29H41ClO10. The molecule has 0 bridgehead atoms. The number of alkyl halides is 1. The van der Waals surface area contributed by atoms with Gasteiger partial charge in [-0.2, -0.15) is 0 Å². The van der Waals surface area contributed by atoms with Gasteiger partial charge >= 0.3 is 23.9 Å². The second-order valence-electron chi connectivity index (χ2n) is 11.9. The Labute approximate surface area is 240 Å². The largest absolute Gasteiger partial charge is 0.459 e. The number of hydrogen-bond acceptors (Lipinski definition) is 10. The van der Waals surface area contributed by atoms with E-state index < -0.39 is 88.0 Å². The number of allylic oxidation sites excluding steroid dienone is 1. The second-order valence-corrected chi connectivity index (χ2v) is 12.4. The van der Waals surface area contributed by atoms with Gasteiger partial charge in [-0.15, -0.1) is 11.6 Å². The highest BCUT2D eigenvalue weighted by Gasteiger charge is 2.71. The molecule has 1 saturated heterocycles. The molecule has 11 heteroatoms. The zero-order chi connectivity index (χ0) is 30.4. The minimum atomic E-state index is -2.25. The lowest BCUT2D eigenvalue weighted by Gasteiger charge is -2.58. The summed E-state index contributed by atoms with van der Waals surface area (Å²) in [5, 5.41) is 23.5. The molecule has 10 atom stereocenters. The molecule has 2 aliphatic carbocycles. The van der Waals surface area contributed by atoms with Crippen LogP contribution in [0.3, 0.4) is 0 Å². The van der Waals surface area contributed by atoms with E-state index in [1.165, 1.54) is 19.9 Å². The van der Waals surface area contributed by atoms with Crippen LogP contribution in [0.1, 0.15) is 67.7 Å². The Morgan fingerprint density at radius 3 is 2.38 bits per heavy atom. The molecule has 1 aliphatic heterocycles. The van der Waals surface area contributed by atoms with E-state index in [0.29, 0.717) is 0 Å². The molecule has 3 rings (SSSR count). The number of carbonyl (C=O) groups is 4. The van der Waals surface area contributed by atoms with Crippen molar-refractivity contribution >= 4 is 35.5 Å². The van der Waals surface area contributed by atoms with Crippen molar-refractivity contribution in [1.29, 1.82) is 0 Å². The van der Waals surface area contributed by atoms with Gasteiger partial charge in [0.2, 0.25) is 0 Å². The Bertz CT molecular complexity index is 1080. The lowest BCUT2D eigenvalue weighted by Crippen LogP contribution is -2.71. The van der Waals surface area contributed by atoms with Gasteiger partial charge in [0, 0.05) is 24.7 Å². The predicted molar refractivity (Wildman–Crippen MR) is 144 cm³/mol. The maximum Gasteiger partial charge on any atom is 0.312 e. The maximum atomic E-state index is 12.9. The van der Waals surface area contributed by atoms with Crippen molar-refractivity contribution in [2.24, 2.45) is 23.2 Å². The predicted octanol–water partition coefficient (Wildman–Crippen LogP) is 3.00. The van der Waals surface area contributed by atoms with Gasteiger partial charge in [-0.3, -0.25) is 19.2 Å². The number of ether oxygens (including phenoxy) is 4. The summed E-state index contributed by atoms with van der Waals surface area (Å²) in [6, 6.07) is 0. The molecule has 1 saturated carbocycles. The Morgan fingerprint density at radius 1 is 1.20 bits per heavy atom. The van der Waals surface area contributed by atoms with Crippen LogP contribution in [0.4, 0.5) is 0 Å². The van der Waals surface area contributed by atoms with Gasteiger partial charge in [0.05, 0.1) is 17.2 Å². The summed E-state index contributed by atoms with van der Waals surface area (Å²) in [4.78, 5) is 50.8. The summed E-state index contributed by atoms with van der Waals surface area (Å²) in [7, 11) is 0. The fraction of sp³-hybridized carbons (Fsp3) is 0.724. The highest BCUT2D eigenvalue weighted by molar-refractivity contribution is 6.23. The SMILES string of the molecule is C=C1/C=C\[C@H](OC(=O)CC)[C@@]2(C)CC[C@H](OC(=O)C(C)C)[C@@](C)(O)[C@@H]2[C@H](OC(C)=O)[C@]2(O)[C@@H](C)C(=O)O[C@H]2[C@H]1Cl. The number of esters is 4. The Kier molecular flexibility index (Phi) is 9.19. The van der Waals surface area contributed by atoms with Crippen LogP contribution in [0.15, 0.2) is 24.3 Å². The van der Waals surface area contributed by atoms with Crippen LogP contribution in [0.25, 0.3) is 0 Å². The van der Waals surface area contributed by atoms with Crippen LogP contribution in [0, 0.1) is 23.2 Å². The average molecular weight is 585 g/mol. The minimum absolute atomic E-state index is 0.0634. The molecule has 0 amide bonds. The van der Waals surface area contributed by atoms with Crippen molar-refractivity contribution in [1.82, 2.24) is 0 Å². The van der Waals surface area contributed by atoms with E-state index in [2.05, 4.69) is 6.58 Å². The van der Waals surface area contributed by atoms with Gasteiger partial charge in [-0.05, 0) is 38.3 Å². The van der Waals surface area contributed by atoms with Crippen LogP contribution < -0.4 is 0 Å². The van der Waals surface area contributed by atoms with E-state index in [-0.39, 0.29) is 24.8 Å². The normalized spacial score (nSPS) is 42.2. The van der Waals surface area contributed by atoms with E-state index >= 15 is 0 Å². The van der Waals surface area contributed by atoms with E-state index in [9.17, 15) is 29.4 Å². The van der Waals surface area contributed by atoms with Gasteiger partial charge in [-0.1, -0.05) is 40.3 Å². The van der Waals surface area contributed by atoms with E-state index in [0.717, 1.165) is 6.92 Å². The van der Waals surface area contributed by atoms with Crippen molar-refractivity contribution < 1.29 is 48.3 Å². The van der Waals surface area contributed by atoms with Crippen molar-refractivity contribution in [2.75, 3.05) is 0 Å². The topological polar surface area (TPSA) is 146 Å². The number of aliphatic hydroxyl groups is 2. The average Bonchev–Trinajstić information content (AvgIpc) is 3.10. The highest BCUT2D eigenvalue weighted by Crippen LogP contribution is 2.57. The summed E-state index contributed by atoms with van der Waals surface area (Å²) >= 11 is 6.72. The lowest BCUT2D eigenvalue weighted by atomic mass is 9.52. The fourth-order valence-corrected chi connectivity index (χ4v) is 6.69. The van der Waals surface area contributed by atoms with Crippen LogP contribution in [-0.4, -0.2) is 75.1 Å². The molecule has 1 heterocycles. The summed E-state index contributed by atoms with van der Waals surface area (Å²) in [5.41, 5.74) is -5.15. The van der Waals surface area contributed by atoms with Gasteiger partial charge in [-0.25, -0.2) is 0 Å². The zero-order valence-electron chi connectivity index (χ0n) is 24.1. The summed E-state index contributed by atoms with van der Waals surface area (Å²) in [6.07, 6.45) is -1.53. The molecule has 0 spiro atoms. The zero-order valence-corrected chi connectivity index (χ0v) is 24.9. The summed E-state index contributed by atoms with van der Waals surface area (Å²) in [6.45, 7) is 14.6. The van der Waals surface area contributed by atoms with E-state index in [4.69, 9.17) is 30.5 Å². The first kappa shape index (κ1) is 32.1. The molecule has 10 nitrogen and oxygen atoms in total. The standard InChI is InChI=1S/C29H41ClO10/c1-9-20(32)38-18-11-10-15(4)21(30)23-29(36,16(5)26(34)40-23)24(37-17(6)31)22-27(18,7)13-12-19(28(22,8)35)39-25(33)14(2)3/h10-11,14,16,18-19,21-24,35-36H,4,9,12-13H2,1-3,5-8H3/b11-10-/t16-,18-,19-,21-,22+,23-,24-,27+,28+,29-/m0/s1. The third-order valence-electron chi connectivity index (χ3n) is 8.77.